The summed E-state index contributed by atoms with van der Waals surface area (Å²) in [5.41, 5.74) is -5.53. The second-order valence-corrected chi connectivity index (χ2v) is 5.29. The first-order chi connectivity index (χ1) is 10.6. The molecule has 0 amide bonds. The lowest BCUT2D eigenvalue weighted by molar-refractivity contribution is -0.0510. The molecule has 9 heteroatoms. The van der Waals surface area contributed by atoms with E-state index < -0.39 is 15.6 Å². The quantitative estimate of drug-likeness (QED) is 0.528. The molecule has 0 saturated heterocycles. The van der Waals surface area contributed by atoms with E-state index in [0.717, 1.165) is 10.8 Å². The van der Waals surface area contributed by atoms with Crippen molar-refractivity contribution in [2.45, 2.75) is 5.51 Å². The second kappa shape index (κ2) is 7.43. The Morgan fingerprint density at radius 3 is 2.23 bits per heavy atom. The van der Waals surface area contributed by atoms with Crippen molar-refractivity contribution in [2.24, 2.45) is 0 Å². The van der Waals surface area contributed by atoms with Gasteiger partial charge in [-0.05, 0) is 22.9 Å². The van der Waals surface area contributed by atoms with Gasteiger partial charge in [0.1, 0.15) is 5.75 Å². The van der Waals surface area contributed by atoms with E-state index >= 15 is 0 Å². The first-order valence-electron chi connectivity index (χ1n) is 6.21. The minimum absolute atomic E-state index is 0.171. The normalized spacial score (nSPS) is 12.3. The summed E-state index contributed by atoms with van der Waals surface area (Å²) in [5.74, 6) is 0.551. The van der Waals surface area contributed by atoms with Crippen LogP contribution in [0.3, 0.4) is 0 Å². The number of ether oxygens (including phenoxy) is 2. The van der Waals surface area contributed by atoms with Gasteiger partial charge in [0.25, 0.3) is 0 Å². The fourth-order valence-electron chi connectivity index (χ4n) is 1.30. The van der Waals surface area contributed by atoms with E-state index in [0.29, 0.717) is 11.8 Å². The summed E-state index contributed by atoms with van der Waals surface area (Å²) in [6.07, 6.45) is 0. The average Bonchev–Trinajstić information content (AvgIpc) is 2.45. The predicted molar refractivity (Wildman–Crippen MR) is 74.1 cm³/mol. The third-order valence-electron chi connectivity index (χ3n) is 2.26. The van der Waals surface area contributed by atoms with Crippen LogP contribution in [0, 0.1) is 0 Å². The number of fused-ring (bicyclic) bond motifs is 1. The van der Waals surface area contributed by atoms with Crippen LogP contribution in [-0.2, 0) is 14.9 Å². The maximum atomic E-state index is 10.7. The molecule has 2 aromatic rings. The van der Waals surface area contributed by atoms with Crippen molar-refractivity contribution in [3.05, 3.63) is 42.4 Å². The molecule has 5 nitrogen and oxygen atoms in total. The SMILES string of the molecule is O=S(=O)(O)C(F)(F)F.[2H]c1c(OCOC)ccc2ccccc12. The monoisotopic (exact) mass is 339 g/mol. The van der Waals surface area contributed by atoms with E-state index in [1.807, 2.05) is 30.3 Å². The highest BCUT2D eigenvalue weighted by molar-refractivity contribution is 7.86. The molecule has 0 atom stereocenters. The third-order valence-corrected chi connectivity index (χ3v) is 2.84. The third kappa shape index (κ3) is 5.51. The van der Waals surface area contributed by atoms with E-state index in [9.17, 15) is 13.2 Å². The number of rotatable bonds is 3. The van der Waals surface area contributed by atoms with Crippen LogP contribution in [0.25, 0.3) is 10.8 Å². The van der Waals surface area contributed by atoms with Crippen LogP contribution in [0.1, 0.15) is 1.37 Å². The van der Waals surface area contributed by atoms with Crippen molar-refractivity contribution in [3.8, 4) is 5.75 Å². The minimum Gasteiger partial charge on any atom is -0.468 e. The van der Waals surface area contributed by atoms with Gasteiger partial charge in [-0.15, -0.1) is 0 Å². The zero-order valence-electron chi connectivity index (χ0n) is 12.3. The van der Waals surface area contributed by atoms with Crippen LogP contribution in [0.4, 0.5) is 13.2 Å². The summed E-state index contributed by atoms with van der Waals surface area (Å²) >= 11 is 0. The van der Waals surface area contributed by atoms with Gasteiger partial charge in [-0.3, -0.25) is 4.55 Å². The molecule has 0 heterocycles. The molecule has 0 bridgehead atoms. The molecule has 0 radical (unpaired) electrons. The van der Waals surface area contributed by atoms with Gasteiger partial charge in [-0.2, -0.15) is 21.6 Å². The van der Waals surface area contributed by atoms with Gasteiger partial charge in [0.2, 0.25) is 0 Å². The Balaban J connectivity index is 0.000000284. The number of alkyl halides is 3. The van der Waals surface area contributed by atoms with Crippen LogP contribution in [0.15, 0.2) is 42.4 Å². The van der Waals surface area contributed by atoms with E-state index in [1.54, 1.807) is 13.2 Å². The zero-order chi connectivity index (χ0) is 17.7. The van der Waals surface area contributed by atoms with Crippen molar-refractivity contribution in [1.29, 1.82) is 0 Å². The van der Waals surface area contributed by atoms with E-state index in [1.165, 1.54) is 0 Å². The maximum Gasteiger partial charge on any atom is 0.522 e. The van der Waals surface area contributed by atoms with Crippen molar-refractivity contribution < 1.29 is 37.0 Å². The molecule has 2 aromatic carbocycles. The molecule has 0 saturated carbocycles. The first kappa shape index (κ1) is 16.5. The van der Waals surface area contributed by atoms with Crippen molar-refractivity contribution in [3.63, 3.8) is 0 Å². The molecule has 0 unspecified atom stereocenters. The van der Waals surface area contributed by atoms with Crippen LogP contribution in [0.2, 0.25) is 0 Å². The first-order valence-corrected chi connectivity index (χ1v) is 7.15. The highest BCUT2D eigenvalue weighted by Crippen LogP contribution is 2.21. The molecular weight excluding hydrogens is 325 g/mol. The van der Waals surface area contributed by atoms with Crippen LogP contribution < -0.4 is 4.74 Å². The molecule has 122 valence electrons. The maximum absolute atomic E-state index is 10.7. The Hall–Kier alpha value is -1.84. The van der Waals surface area contributed by atoms with Crippen molar-refractivity contribution in [2.75, 3.05) is 13.9 Å². The van der Waals surface area contributed by atoms with Gasteiger partial charge < -0.3 is 9.47 Å². The Morgan fingerprint density at radius 1 is 1.18 bits per heavy atom. The lowest BCUT2D eigenvalue weighted by Crippen LogP contribution is -2.21. The highest BCUT2D eigenvalue weighted by atomic mass is 32.2. The summed E-state index contributed by atoms with van der Waals surface area (Å²) < 4.78 is 75.6. The molecule has 0 aromatic heterocycles. The molecule has 22 heavy (non-hydrogen) atoms. The lowest BCUT2D eigenvalue weighted by Gasteiger charge is -2.05. The topological polar surface area (TPSA) is 72.8 Å². The number of hydrogen-bond acceptors (Lipinski definition) is 4. The van der Waals surface area contributed by atoms with Gasteiger partial charge in [0, 0.05) is 7.11 Å². The summed E-state index contributed by atoms with van der Waals surface area (Å²) in [7, 11) is -4.28. The van der Waals surface area contributed by atoms with Crippen LogP contribution in [0.5, 0.6) is 5.75 Å². The Bertz CT molecular complexity index is 762. The van der Waals surface area contributed by atoms with E-state index in [-0.39, 0.29) is 6.79 Å². The van der Waals surface area contributed by atoms with E-state index in [2.05, 4.69) is 0 Å². The fraction of sp³-hybridized carbons (Fsp3) is 0.231. The van der Waals surface area contributed by atoms with Gasteiger partial charge in [-0.25, -0.2) is 0 Å². The van der Waals surface area contributed by atoms with Crippen LogP contribution in [-0.4, -0.2) is 32.4 Å². The molecule has 2 rings (SSSR count). The minimum atomic E-state index is -5.84. The number of hydrogen-bond donors (Lipinski definition) is 1. The molecule has 0 aliphatic heterocycles. The standard InChI is InChI=1S/C12H12O2.CHF3O3S/c1-13-9-14-12-7-6-10-4-2-3-5-11(10)8-12;2-1(3,4)8(5,6)7/h2-8H,9H2,1H3;(H,5,6,7)/i8D;. The average molecular weight is 339 g/mol. The summed E-state index contributed by atoms with van der Waals surface area (Å²) in [6.45, 7) is 0.171. The Labute approximate surface area is 126 Å². The summed E-state index contributed by atoms with van der Waals surface area (Å²) in [4.78, 5) is 0. The number of halogens is 3. The summed E-state index contributed by atoms with van der Waals surface area (Å²) in [5, 5.41) is 1.94. The number of benzene rings is 2. The smallest absolute Gasteiger partial charge is 0.468 e. The Morgan fingerprint density at radius 2 is 1.73 bits per heavy atom. The largest absolute Gasteiger partial charge is 0.522 e. The molecular formula is C13H13F3O5S. The van der Waals surface area contributed by atoms with Crippen molar-refractivity contribution in [1.82, 2.24) is 0 Å². The number of methoxy groups -OCH3 is 1. The molecule has 1 N–H and O–H groups in total. The molecule has 0 fully saturated rings. The van der Waals surface area contributed by atoms with Gasteiger partial charge in [0.05, 0.1) is 1.37 Å². The predicted octanol–water partition coefficient (Wildman–Crippen LogP) is 3.22. The Kier molecular flexibility index (Phi) is 5.58. The molecule has 0 aliphatic carbocycles. The van der Waals surface area contributed by atoms with Crippen molar-refractivity contribution >= 4 is 20.9 Å². The zero-order valence-corrected chi connectivity index (χ0v) is 12.1. The van der Waals surface area contributed by atoms with Crippen LogP contribution >= 0.6 is 0 Å². The van der Waals surface area contributed by atoms with Gasteiger partial charge in [-0.1, -0.05) is 30.3 Å². The molecule has 0 aliphatic rings. The van der Waals surface area contributed by atoms with Gasteiger partial charge >= 0.3 is 15.6 Å². The lowest BCUT2D eigenvalue weighted by atomic mass is 10.1. The molecule has 0 spiro atoms. The van der Waals surface area contributed by atoms with E-state index in [4.69, 9.17) is 23.8 Å². The van der Waals surface area contributed by atoms with Gasteiger partial charge in [0.15, 0.2) is 6.79 Å². The highest BCUT2D eigenvalue weighted by Gasteiger charge is 2.44. The summed E-state index contributed by atoms with van der Waals surface area (Å²) in [6, 6.07) is 11.9. The fourth-order valence-corrected chi connectivity index (χ4v) is 1.30. The second-order valence-electron chi connectivity index (χ2n) is 3.88.